The van der Waals surface area contributed by atoms with Gasteiger partial charge in [0.25, 0.3) is 10.0 Å². The predicted octanol–water partition coefficient (Wildman–Crippen LogP) is 3.09. The van der Waals surface area contributed by atoms with Crippen molar-refractivity contribution >= 4 is 38.3 Å². The van der Waals surface area contributed by atoms with E-state index < -0.39 is 10.0 Å². The van der Waals surface area contributed by atoms with Crippen molar-refractivity contribution in [2.24, 2.45) is 10.3 Å². The lowest BCUT2D eigenvalue weighted by atomic mass is 9.96. The zero-order valence-corrected chi connectivity index (χ0v) is 16.3. The maximum Gasteiger partial charge on any atom is 0.309 e. The van der Waals surface area contributed by atoms with E-state index in [0.29, 0.717) is 54.5 Å². The number of hydrogen-bond acceptors (Lipinski definition) is 5. The summed E-state index contributed by atoms with van der Waals surface area (Å²) in [4.78, 5) is 14.0. The average Bonchev–Trinajstić information content (AvgIpc) is 2.85. The summed E-state index contributed by atoms with van der Waals surface area (Å²) in [5.74, 6) is 0.157. The molecule has 0 amide bonds. The normalized spacial score (nSPS) is 20.3. The molecule has 2 heterocycles. The third-order valence-corrected chi connectivity index (χ3v) is 6.38. The quantitative estimate of drug-likeness (QED) is 0.734. The van der Waals surface area contributed by atoms with Gasteiger partial charge in [-0.3, -0.25) is 4.79 Å². The molecule has 0 aliphatic carbocycles. The van der Waals surface area contributed by atoms with Gasteiger partial charge in [-0.05, 0) is 44.4 Å². The molecule has 0 saturated carbocycles. The van der Waals surface area contributed by atoms with Crippen molar-refractivity contribution in [3.05, 3.63) is 40.4 Å². The summed E-state index contributed by atoms with van der Waals surface area (Å²) >= 11 is 5.90. The Morgan fingerprint density at radius 3 is 2.46 bits per heavy atom. The van der Waals surface area contributed by atoms with Crippen molar-refractivity contribution in [2.75, 3.05) is 19.7 Å². The Morgan fingerprint density at radius 2 is 1.88 bits per heavy atom. The summed E-state index contributed by atoms with van der Waals surface area (Å²) in [7, 11) is -3.75. The molecule has 0 spiro atoms. The first-order valence-electron chi connectivity index (χ1n) is 8.57. The summed E-state index contributed by atoms with van der Waals surface area (Å²) in [6, 6.07) is 6.69. The van der Waals surface area contributed by atoms with Gasteiger partial charge in [0.15, 0.2) is 0 Å². The van der Waals surface area contributed by atoms with E-state index in [1.165, 1.54) is 0 Å². The molecule has 6 nitrogen and oxygen atoms in total. The maximum absolute atomic E-state index is 12.6. The predicted molar refractivity (Wildman–Crippen MR) is 101 cm³/mol. The van der Waals surface area contributed by atoms with Crippen LogP contribution in [0.5, 0.6) is 0 Å². The lowest BCUT2D eigenvalue weighted by molar-refractivity contribution is -0.149. The maximum atomic E-state index is 12.6. The number of amidine groups is 1. The summed E-state index contributed by atoms with van der Waals surface area (Å²) in [6.07, 6.45) is 1.25. The van der Waals surface area contributed by atoms with Gasteiger partial charge in [0.1, 0.15) is 10.7 Å². The largest absolute Gasteiger partial charge is 0.466 e. The molecule has 1 aromatic rings. The smallest absolute Gasteiger partial charge is 0.309 e. The molecule has 0 bridgehead atoms. The van der Waals surface area contributed by atoms with Gasteiger partial charge in [-0.15, -0.1) is 4.40 Å². The Balaban J connectivity index is 1.81. The SMILES string of the molecule is CCOC(=O)C1CCN(C2=NS(=O)(=O)C(c3ccc(Cl)cc3)=C2C)CC1. The summed E-state index contributed by atoms with van der Waals surface area (Å²) < 4.78 is 34.3. The van der Waals surface area contributed by atoms with Crippen LogP contribution in [-0.4, -0.2) is 44.8 Å². The van der Waals surface area contributed by atoms with Crippen LogP contribution in [-0.2, 0) is 19.6 Å². The fourth-order valence-corrected chi connectivity index (χ4v) is 4.98. The lowest BCUT2D eigenvalue weighted by Crippen LogP contribution is -2.40. The number of rotatable bonds is 3. The Kier molecular flexibility index (Phi) is 5.39. The molecule has 0 aromatic heterocycles. The zero-order chi connectivity index (χ0) is 18.9. The van der Waals surface area contributed by atoms with Crippen molar-refractivity contribution in [1.82, 2.24) is 4.90 Å². The highest BCUT2D eigenvalue weighted by atomic mass is 35.5. The van der Waals surface area contributed by atoms with E-state index in [4.69, 9.17) is 16.3 Å². The summed E-state index contributed by atoms with van der Waals surface area (Å²) in [5, 5.41) is 0.546. The highest BCUT2D eigenvalue weighted by Gasteiger charge is 2.35. The second-order valence-corrected chi connectivity index (χ2v) is 8.34. The third-order valence-electron chi connectivity index (χ3n) is 4.66. The fraction of sp³-hybridized carbons (Fsp3) is 0.444. The molecule has 1 fully saturated rings. The molecule has 0 N–H and O–H groups in total. The topological polar surface area (TPSA) is 76.0 Å². The minimum Gasteiger partial charge on any atom is -0.466 e. The van der Waals surface area contributed by atoms with Crippen LogP contribution in [0.1, 0.15) is 32.3 Å². The number of halogens is 1. The number of esters is 1. The van der Waals surface area contributed by atoms with Crippen molar-refractivity contribution in [3.8, 4) is 0 Å². The Morgan fingerprint density at radius 1 is 1.27 bits per heavy atom. The standard InChI is InChI=1S/C18H21ClN2O4S/c1-3-25-18(22)14-8-10-21(11-9-14)17-12(2)16(26(23,24)20-17)13-4-6-15(19)7-5-13/h4-7,14H,3,8-11H2,1-2H3. The molecular weight excluding hydrogens is 376 g/mol. The number of hydrogen-bond donors (Lipinski definition) is 0. The van der Waals surface area contributed by atoms with Gasteiger partial charge in [0.05, 0.1) is 12.5 Å². The lowest BCUT2D eigenvalue weighted by Gasteiger charge is -2.32. The molecule has 0 atom stereocenters. The van der Waals surface area contributed by atoms with Crippen LogP contribution in [0, 0.1) is 5.92 Å². The minimum atomic E-state index is -3.75. The van der Waals surface area contributed by atoms with Gasteiger partial charge < -0.3 is 9.64 Å². The second-order valence-electron chi connectivity index (χ2n) is 6.36. The van der Waals surface area contributed by atoms with E-state index in [-0.39, 0.29) is 16.8 Å². The number of likely N-dealkylation sites (tertiary alicyclic amines) is 1. The van der Waals surface area contributed by atoms with Gasteiger partial charge in [0.2, 0.25) is 0 Å². The monoisotopic (exact) mass is 396 g/mol. The molecule has 0 unspecified atom stereocenters. The summed E-state index contributed by atoms with van der Waals surface area (Å²) in [6.45, 7) is 5.07. The number of carbonyl (C=O) groups is 1. The highest BCUT2D eigenvalue weighted by Crippen LogP contribution is 2.35. The Hall–Kier alpha value is -1.86. The van der Waals surface area contributed by atoms with Gasteiger partial charge in [-0.2, -0.15) is 8.42 Å². The van der Waals surface area contributed by atoms with Gasteiger partial charge in [-0.25, -0.2) is 0 Å². The first-order valence-corrected chi connectivity index (χ1v) is 10.4. The van der Waals surface area contributed by atoms with E-state index in [1.807, 2.05) is 4.90 Å². The molecule has 2 aliphatic rings. The highest BCUT2D eigenvalue weighted by molar-refractivity contribution is 8.00. The first kappa shape index (κ1) is 18.9. The summed E-state index contributed by atoms with van der Waals surface area (Å²) in [5.41, 5.74) is 1.20. The van der Waals surface area contributed by atoms with Crippen LogP contribution < -0.4 is 0 Å². The van der Waals surface area contributed by atoms with Crippen LogP contribution in [0.15, 0.2) is 34.2 Å². The molecule has 3 rings (SSSR count). The molecular formula is C18H21ClN2O4S. The molecule has 1 saturated heterocycles. The minimum absolute atomic E-state index is 0.134. The van der Waals surface area contributed by atoms with Crippen LogP contribution in [0.3, 0.4) is 0 Å². The van der Waals surface area contributed by atoms with E-state index in [1.54, 1.807) is 38.1 Å². The van der Waals surface area contributed by atoms with Gasteiger partial charge in [0, 0.05) is 23.7 Å². The van der Waals surface area contributed by atoms with Crippen LogP contribution >= 0.6 is 11.6 Å². The van der Waals surface area contributed by atoms with Crippen LogP contribution in [0.25, 0.3) is 4.91 Å². The van der Waals surface area contributed by atoms with E-state index in [9.17, 15) is 13.2 Å². The first-order chi connectivity index (χ1) is 12.3. The molecule has 0 radical (unpaired) electrons. The van der Waals surface area contributed by atoms with Crippen LogP contribution in [0.4, 0.5) is 0 Å². The Labute approximate surface area is 158 Å². The zero-order valence-electron chi connectivity index (χ0n) is 14.7. The van der Waals surface area contributed by atoms with Crippen molar-refractivity contribution in [3.63, 3.8) is 0 Å². The molecule has 1 aromatic carbocycles. The molecule has 140 valence electrons. The fourth-order valence-electron chi connectivity index (χ4n) is 3.37. The molecule has 26 heavy (non-hydrogen) atoms. The number of ether oxygens (including phenoxy) is 1. The van der Waals surface area contributed by atoms with Crippen molar-refractivity contribution in [2.45, 2.75) is 26.7 Å². The van der Waals surface area contributed by atoms with Gasteiger partial charge >= 0.3 is 5.97 Å². The number of carbonyl (C=O) groups excluding carboxylic acids is 1. The number of piperidine rings is 1. The number of sulfonamides is 1. The number of benzene rings is 1. The van der Waals surface area contributed by atoms with E-state index in [0.717, 1.165) is 0 Å². The van der Waals surface area contributed by atoms with E-state index >= 15 is 0 Å². The Bertz CT molecular complexity index is 867. The van der Waals surface area contributed by atoms with E-state index in [2.05, 4.69) is 4.40 Å². The van der Waals surface area contributed by atoms with Crippen LogP contribution in [0.2, 0.25) is 5.02 Å². The van der Waals surface area contributed by atoms with Crippen molar-refractivity contribution in [1.29, 1.82) is 0 Å². The average molecular weight is 397 g/mol. The second kappa shape index (κ2) is 7.40. The third kappa shape index (κ3) is 3.64. The molecule has 2 aliphatic heterocycles. The number of nitrogens with zero attached hydrogens (tertiary/aromatic N) is 2. The molecule has 8 heteroatoms. The van der Waals surface area contributed by atoms with Gasteiger partial charge in [-0.1, -0.05) is 23.7 Å². The van der Waals surface area contributed by atoms with Crippen molar-refractivity contribution < 1.29 is 17.9 Å².